The number of likely N-dealkylation sites (tertiary alicyclic amines) is 1. The molecule has 1 aromatic carbocycles. The maximum atomic E-state index is 13.6. The lowest BCUT2D eigenvalue weighted by Crippen LogP contribution is -2.58. The monoisotopic (exact) mass is 512 g/mol. The van der Waals surface area contributed by atoms with E-state index >= 15 is 0 Å². The first-order valence-corrected chi connectivity index (χ1v) is 12.7. The number of amides is 3. The summed E-state index contributed by atoms with van der Waals surface area (Å²) in [6.45, 7) is 13.7. The van der Waals surface area contributed by atoms with Crippen LogP contribution in [0.25, 0.3) is 11.3 Å². The summed E-state index contributed by atoms with van der Waals surface area (Å²) in [6.07, 6.45) is 1.01. The largest absolute Gasteiger partial charge is 0.443 e. The number of β-amino-alcohol motifs (C(OH)–C–C–N with tert-alkyl or cyclic N) is 1. The predicted octanol–water partition coefficient (Wildman–Crippen LogP) is 3.20. The second-order valence-corrected chi connectivity index (χ2v) is 12.2. The van der Waals surface area contributed by atoms with Crippen LogP contribution in [0, 0.1) is 17.8 Å². The summed E-state index contributed by atoms with van der Waals surface area (Å²) in [5.41, 5.74) is 1.76. The molecule has 2 aromatic rings. The fraction of sp³-hybridized carbons (Fsp3) is 0.571. The molecular weight excluding hydrogens is 472 g/mol. The molecule has 1 aromatic heterocycles. The number of aliphatic hydroxyl groups is 1. The van der Waals surface area contributed by atoms with Gasteiger partial charge in [-0.25, -0.2) is 4.98 Å². The van der Waals surface area contributed by atoms with Crippen molar-refractivity contribution in [3.8, 4) is 11.3 Å². The van der Waals surface area contributed by atoms with Crippen LogP contribution in [0.2, 0.25) is 0 Å². The molecule has 3 rings (SSSR count). The first-order valence-electron chi connectivity index (χ1n) is 12.7. The summed E-state index contributed by atoms with van der Waals surface area (Å²) in [5, 5.41) is 16.1. The Hall–Kier alpha value is -3.20. The molecule has 1 saturated heterocycles. The van der Waals surface area contributed by atoms with Crippen LogP contribution in [0.1, 0.15) is 65.6 Å². The first kappa shape index (κ1) is 28.4. The van der Waals surface area contributed by atoms with E-state index < -0.39 is 23.6 Å². The third kappa shape index (κ3) is 7.41. The molecule has 9 nitrogen and oxygen atoms in total. The van der Waals surface area contributed by atoms with Crippen LogP contribution in [0.3, 0.4) is 0 Å². The van der Waals surface area contributed by atoms with Gasteiger partial charge in [0.1, 0.15) is 12.1 Å². The van der Waals surface area contributed by atoms with Crippen LogP contribution in [0.15, 0.2) is 35.1 Å². The summed E-state index contributed by atoms with van der Waals surface area (Å²) in [5.74, 6) is -0.217. The molecule has 0 radical (unpaired) electrons. The average Bonchev–Trinajstić information content (AvgIpc) is 3.39. The molecule has 0 saturated carbocycles. The van der Waals surface area contributed by atoms with Crippen LogP contribution >= 0.6 is 0 Å². The predicted molar refractivity (Wildman–Crippen MR) is 140 cm³/mol. The molecule has 3 unspecified atom stereocenters. The van der Waals surface area contributed by atoms with E-state index in [9.17, 15) is 19.5 Å². The van der Waals surface area contributed by atoms with Gasteiger partial charge in [0.05, 0.1) is 11.8 Å². The Balaban J connectivity index is 1.68. The van der Waals surface area contributed by atoms with E-state index in [2.05, 4.69) is 15.6 Å². The van der Waals surface area contributed by atoms with Crippen molar-refractivity contribution >= 4 is 17.7 Å². The lowest BCUT2D eigenvalue weighted by Gasteiger charge is -2.35. The minimum atomic E-state index is -0.824. The summed E-state index contributed by atoms with van der Waals surface area (Å²) in [4.78, 5) is 44.9. The fourth-order valence-electron chi connectivity index (χ4n) is 4.47. The van der Waals surface area contributed by atoms with E-state index in [1.54, 1.807) is 0 Å². The average molecular weight is 513 g/mol. The second-order valence-electron chi connectivity index (χ2n) is 12.2. The minimum Gasteiger partial charge on any atom is -0.443 e. The van der Waals surface area contributed by atoms with Crippen molar-refractivity contribution in [3.05, 3.63) is 41.9 Å². The van der Waals surface area contributed by atoms with E-state index in [0.717, 1.165) is 16.8 Å². The number of benzene rings is 1. The van der Waals surface area contributed by atoms with E-state index in [1.165, 1.54) is 11.3 Å². The number of carbonyl (C=O) groups is 3. The highest BCUT2D eigenvalue weighted by molar-refractivity contribution is 5.93. The molecule has 3 N–H and O–H groups in total. The number of aromatic nitrogens is 1. The van der Waals surface area contributed by atoms with Crippen LogP contribution in [0.5, 0.6) is 0 Å². The Morgan fingerprint density at radius 2 is 1.78 bits per heavy atom. The number of hydrogen-bond acceptors (Lipinski definition) is 6. The Morgan fingerprint density at radius 1 is 1.14 bits per heavy atom. The van der Waals surface area contributed by atoms with Gasteiger partial charge < -0.3 is 25.1 Å². The lowest BCUT2D eigenvalue weighted by molar-refractivity contribution is -0.144. The van der Waals surface area contributed by atoms with Crippen molar-refractivity contribution < 1.29 is 23.9 Å². The molecule has 0 bridgehead atoms. The third-order valence-electron chi connectivity index (χ3n) is 6.40. The molecule has 202 valence electrons. The van der Waals surface area contributed by atoms with Crippen molar-refractivity contribution in [3.63, 3.8) is 0 Å². The molecule has 3 amide bonds. The quantitative estimate of drug-likeness (QED) is 0.523. The summed E-state index contributed by atoms with van der Waals surface area (Å²) in [7, 11) is 0. The molecule has 0 spiro atoms. The van der Waals surface area contributed by atoms with E-state index in [4.69, 9.17) is 4.42 Å². The van der Waals surface area contributed by atoms with Gasteiger partial charge in [-0.15, -0.1) is 0 Å². The number of rotatable bonds is 7. The molecule has 1 aliphatic rings. The molecule has 1 aliphatic heterocycles. The Morgan fingerprint density at radius 3 is 2.32 bits per heavy atom. The van der Waals surface area contributed by atoms with Gasteiger partial charge in [-0.2, -0.15) is 0 Å². The number of aliphatic hydroxyl groups excluding tert-OH is 1. The summed E-state index contributed by atoms with van der Waals surface area (Å²) >= 11 is 0. The Kier molecular flexibility index (Phi) is 8.47. The van der Waals surface area contributed by atoms with Crippen LogP contribution in [0.4, 0.5) is 0 Å². The number of nitrogens with zero attached hydrogens (tertiary/aromatic N) is 2. The minimum absolute atomic E-state index is 0.0455. The molecule has 37 heavy (non-hydrogen) atoms. The lowest BCUT2D eigenvalue weighted by atomic mass is 9.84. The summed E-state index contributed by atoms with van der Waals surface area (Å²) in [6, 6.07) is 5.95. The SMILES string of the molecule is Cc1ncoc1-c1ccc(CNC(=O)C2CC(O)CN2C(=O)C(NC(=O)CC(C)(C)C)C(C)(C)C)cc1. The van der Waals surface area contributed by atoms with Crippen molar-refractivity contribution in [1.82, 2.24) is 20.5 Å². The number of aryl methyl sites for hydroxylation is 1. The van der Waals surface area contributed by atoms with Crippen molar-refractivity contribution in [2.45, 2.75) is 86.0 Å². The fourth-order valence-corrected chi connectivity index (χ4v) is 4.47. The molecular formula is C28H40N4O5. The van der Waals surface area contributed by atoms with Crippen molar-refractivity contribution in [1.29, 1.82) is 0 Å². The van der Waals surface area contributed by atoms with Crippen LogP contribution in [-0.4, -0.2) is 57.4 Å². The zero-order valence-corrected chi connectivity index (χ0v) is 22.9. The first-order chi connectivity index (χ1) is 17.2. The highest BCUT2D eigenvalue weighted by Gasteiger charge is 2.44. The molecule has 9 heteroatoms. The van der Waals surface area contributed by atoms with E-state index in [-0.39, 0.29) is 49.1 Å². The molecule has 1 fully saturated rings. The Labute approximate surface area is 219 Å². The standard InChI is InChI=1S/C28H40N4O5/c1-17-23(37-16-30-17)19-10-8-18(9-11-19)14-29-25(35)21-12-20(33)15-32(21)26(36)24(28(5,6)7)31-22(34)13-27(2,3)4/h8-11,16,20-21,24,33H,12-15H2,1-7H3,(H,29,35)(H,31,34). The highest BCUT2D eigenvalue weighted by atomic mass is 16.3. The van der Waals surface area contributed by atoms with Gasteiger partial charge in [-0.1, -0.05) is 65.8 Å². The summed E-state index contributed by atoms with van der Waals surface area (Å²) < 4.78 is 5.42. The highest BCUT2D eigenvalue weighted by Crippen LogP contribution is 2.27. The zero-order chi connectivity index (χ0) is 27.5. The maximum absolute atomic E-state index is 13.6. The topological polar surface area (TPSA) is 125 Å². The van der Waals surface area contributed by atoms with E-state index in [1.807, 2.05) is 72.7 Å². The van der Waals surface area contributed by atoms with Gasteiger partial charge >= 0.3 is 0 Å². The van der Waals surface area contributed by atoms with E-state index in [0.29, 0.717) is 5.76 Å². The van der Waals surface area contributed by atoms with Gasteiger partial charge in [0.25, 0.3) is 0 Å². The number of hydrogen-bond donors (Lipinski definition) is 3. The maximum Gasteiger partial charge on any atom is 0.246 e. The normalized spacial score (nSPS) is 19.0. The third-order valence-corrected chi connectivity index (χ3v) is 6.40. The van der Waals surface area contributed by atoms with Crippen molar-refractivity contribution in [2.75, 3.05) is 6.54 Å². The number of nitrogens with one attached hydrogen (secondary N) is 2. The molecule has 0 aliphatic carbocycles. The number of oxazole rings is 1. The Bertz CT molecular complexity index is 1110. The second kappa shape index (κ2) is 11.0. The smallest absolute Gasteiger partial charge is 0.246 e. The van der Waals surface area contributed by atoms with Gasteiger partial charge in [-0.05, 0) is 23.3 Å². The van der Waals surface area contributed by atoms with Gasteiger partial charge in [0, 0.05) is 31.5 Å². The zero-order valence-electron chi connectivity index (χ0n) is 22.9. The van der Waals surface area contributed by atoms with Gasteiger partial charge in [-0.3, -0.25) is 14.4 Å². The molecule has 2 heterocycles. The molecule has 3 atom stereocenters. The van der Waals surface area contributed by atoms with Gasteiger partial charge in [0.15, 0.2) is 12.2 Å². The van der Waals surface area contributed by atoms with Gasteiger partial charge in [0.2, 0.25) is 17.7 Å². The number of carbonyl (C=O) groups excluding carboxylic acids is 3. The van der Waals surface area contributed by atoms with Crippen molar-refractivity contribution in [2.24, 2.45) is 10.8 Å². The van der Waals surface area contributed by atoms with Crippen LogP contribution in [-0.2, 0) is 20.9 Å². The van der Waals surface area contributed by atoms with Crippen LogP contribution < -0.4 is 10.6 Å².